The van der Waals surface area contributed by atoms with Crippen molar-refractivity contribution in [3.8, 4) is 11.2 Å². The second-order valence-electron chi connectivity index (χ2n) is 5.81. The van der Waals surface area contributed by atoms with Gasteiger partial charge in [-0.2, -0.15) is 14.3 Å². The van der Waals surface area contributed by atoms with Gasteiger partial charge in [-0.3, -0.25) is 0 Å². The number of thiocyanates is 1. The maximum Gasteiger partial charge on any atom is 0.412 e. The summed E-state index contributed by atoms with van der Waals surface area (Å²) >= 11 is 0. The molecule has 1 rings (SSSR count). The molecule has 0 bridgehead atoms. The molecule has 0 radical (unpaired) electrons. The maximum absolute atomic E-state index is 11.8. The number of hydrogen-bond donors (Lipinski definition) is 1. The number of unbranched alkanes of at least 4 members (excludes halogenated alkanes) is 2. The maximum atomic E-state index is 11.8. The van der Waals surface area contributed by atoms with Gasteiger partial charge in [0.1, 0.15) is 11.2 Å². The van der Waals surface area contributed by atoms with E-state index in [1.165, 1.54) is 10.8 Å². The zero-order valence-electron chi connectivity index (χ0n) is 14.6. The molecule has 0 unspecified atom stereocenters. The monoisotopic (exact) mass is 354 g/mol. The molecule has 0 aliphatic heterocycles. The molecule has 1 amide bonds. The minimum absolute atomic E-state index is 0.408. The lowest BCUT2D eigenvalue weighted by Crippen LogP contribution is -2.28. The van der Waals surface area contributed by atoms with Gasteiger partial charge >= 0.3 is 6.09 Å². The van der Waals surface area contributed by atoms with Gasteiger partial charge in [0.2, 0.25) is 0 Å². The van der Waals surface area contributed by atoms with Crippen molar-refractivity contribution in [1.29, 1.82) is 5.26 Å². The Kier molecular flexibility index (Phi) is 7.80. The highest BCUT2D eigenvalue weighted by Gasteiger charge is 2.20. The molecule has 1 N–H and O–H groups in total. The van der Waals surface area contributed by atoms with E-state index in [9.17, 15) is 4.79 Å². The SMILES string of the molecule is CCCCCNC(=O)Oc1cc(C)c(S(C)(C)SC#N)cc1C. The Balaban J connectivity index is 2.81. The van der Waals surface area contributed by atoms with Crippen molar-refractivity contribution < 1.29 is 9.53 Å². The standard InChI is InChI=1S/C17H26N2O2S2/c1-6-7-8-9-19-17(20)21-15-10-14(3)16(11-13(15)2)23(4,5)22-12-18/h10-11H,6-9H2,1-5H3,(H,19,20). The first-order valence-corrected chi connectivity index (χ1v) is 11.5. The summed E-state index contributed by atoms with van der Waals surface area (Å²) in [6.45, 7) is 6.68. The van der Waals surface area contributed by atoms with Crippen LogP contribution in [0.5, 0.6) is 5.75 Å². The van der Waals surface area contributed by atoms with E-state index < -0.39 is 15.2 Å². The fourth-order valence-electron chi connectivity index (χ4n) is 2.24. The number of hydrogen-bond acceptors (Lipinski definition) is 4. The molecule has 0 aliphatic carbocycles. The van der Waals surface area contributed by atoms with Gasteiger partial charge in [0.15, 0.2) is 0 Å². The largest absolute Gasteiger partial charge is 0.412 e. The molecule has 23 heavy (non-hydrogen) atoms. The highest BCUT2D eigenvalue weighted by Crippen LogP contribution is 2.61. The van der Waals surface area contributed by atoms with Crippen LogP contribution < -0.4 is 10.1 Å². The molecule has 0 atom stereocenters. The number of rotatable bonds is 7. The predicted octanol–water partition coefficient (Wildman–Crippen LogP) is 5.13. The third kappa shape index (κ3) is 6.00. The van der Waals surface area contributed by atoms with Crippen molar-refractivity contribution in [2.75, 3.05) is 19.1 Å². The topological polar surface area (TPSA) is 62.1 Å². The quantitative estimate of drug-likeness (QED) is 0.418. The molecule has 0 aliphatic rings. The van der Waals surface area contributed by atoms with Crippen LogP contribution in [0.2, 0.25) is 0 Å². The van der Waals surface area contributed by atoms with Crippen LogP contribution in [0, 0.1) is 24.5 Å². The summed E-state index contributed by atoms with van der Waals surface area (Å²) in [6, 6.07) is 3.93. The van der Waals surface area contributed by atoms with Crippen molar-refractivity contribution in [2.45, 2.75) is 44.9 Å². The van der Waals surface area contributed by atoms with E-state index in [1.807, 2.05) is 26.0 Å². The third-order valence-electron chi connectivity index (χ3n) is 3.50. The number of carbonyl (C=O) groups is 1. The average molecular weight is 355 g/mol. The molecular weight excluding hydrogens is 328 g/mol. The molecule has 0 saturated carbocycles. The number of aryl methyl sites for hydroxylation is 2. The summed E-state index contributed by atoms with van der Waals surface area (Å²) in [4.78, 5) is 13.0. The fourth-order valence-corrected chi connectivity index (χ4v) is 5.18. The first-order valence-electron chi connectivity index (χ1n) is 7.69. The van der Waals surface area contributed by atoms with E-state index in [1.54, 1.807) is 0 Å². The summed E-state index contributed by atoms with van der Waals surface area (Å²) in [7, 11) is 0.0840. The van der Waals surface area contributed by atoms with Crippen LogP contribution in [-0.2, 0) is 0 Å². The fraction of sp³-hybridized carbons (Fsp3) is 0.529. The first-order chi connectivity index (χ1) is 10.8. The Hall–Kier alpha value is -1.32. The third-order valence-corrected chi connectivity index (χ3v) is 7.50. The Morgan fingerprint density at radius 3 is 2.61 bits per heavy atom. The zero-order chi connectivity index (χ0) is 17.5. The average Bonchev–Trinajstić information content (AvgIpc) is 2.47. The van der Waals surface area contributed by atoms with Crippen LogP contribution in [-0.4, -0.2) is 25.1 Å². The van der Waals surface area contributed by atoms with E-state index in [0.29, 0.717) is 12.3 Å². The van der Waals surface area contributed by atoms with Gasteiger partial charge in [0.05, 0.1) is 0 Å². The van der Waals surface area contributed by atoms with Gasteiger partial charge in [-0.1, -0.05) is 19.8 Å². The Morgan fingerprint density at radius 1 is 1.30 bits per heavy atom. The van der Waals surface area contributed by atoms with E-state index >= 15 is 0 Å². The van der Waals surface area contributed by atoms with E-state index in [4.69, 9.17) is 10.00 Å². The lowest BCUT2D eigenvalue weighted by atomic mass is 10.1. The Labute approximate surface area is 144 Å². The van der Waals surface area contributed by atoms with Crippen LogP contribution in [0.3, 0.4) is 0 Å². The smallest absolute Gasteiger partial charge is 0.410 e. The number of nitrogens with one attached hydrogen (secondary N) is 1. The second kappa shape index (κ2) is 9.09. The number of carbonyl (C=O) groups excluding carboxylic acids is 1. The van der Waals surface area contributed by atoms with E-state index in [2.05, 4.69) is 30.2 Å². The molecule has 0 heterocycles. The number of nitrogens with zero attached hydrogens (tertiary/aromatic N) is 1. The lowest BCUT2D eigenvalue weighted by molar-refractivity contribution is 0.200. The molecule has 1 aromatic carbocycles. The van der Waals surface area contributed by atoms with Crippen molar-refractivity contribution in [2.24, 2.45) is 0 Å². The Bertz CT molecular complexity index is 595. The van der Waals surface area contributed by atoms with Crippen molar-refractivity contribution in [3.05, 3.63) is 23.3 Å². The minimum atomic E-state index is -1.23. The van der Waals surface area contributed by atoms with E-state index in [-0.39, 0.29) is 0 Å². The minimum Gasteiger partial charge on any atom is -0.410 e. The predicted molar refractivity (Wildman–Crippen MR) is 100 cm³/mol. The molecule has 1 aromatic rings. The van der Waals surface area contributed by atoms with Gasteiger partial charge in [0.25, 0.3) is 0 Å². The molecule has 6 heteroatoms. The summed E-state index contributed by atoms with van der Waals surface area (Å²) in [5.41, 5.74) is 1.96. The van der Waals surface area contributed by atoms with Gasteiger partial charge in [-0.05, 0) is 56.0 Å². The number of nitriles is 1. The lowest BCUT2D eigenvalue weighted by Gasteiger charge is -2.29. The van der Waals surface area contributed by atoms with Crippen molar-refractivity contribution in [3.63, 3.8) is 0 Å². The number of amides is 1. The zero-order valence-corrected chi connectivity index (χ0v) is 16.2. The number of ether oxygens (including phenoxy) is 1. The highest BCUT2D eigenvalue weighted by molar-refractivity contribution is 8.95. The van der Waals surface area contributed by atoms with Crippen LogP contribution >= 0.6 is 19.9 Å². The summed E-state index contributed by atoms with van der Waals surface area (Å²) in [5.74, 6) is 0.580. The summed E-state index contributed by atoms with van der Waals surface area (Å²) in [5, 5.41) is 13.9. The van der Waals surface area contributed by atoms with Crippen molar-refractivity contribution in [1.82, 2.24) is 5.32 Å². The van der Waals surface area contributed by atoms with Crippen LogP contribution in [0.25, 0.3) is 0 Å². The Morgan fingerprint density at radius 2 is 2.00 bits per heavy atom. The van der Waals surface area contributed by atoms with Crippen LogP contribution in [0.15, 0.2) is 17.0 Å². The molecule has 128 valence electrons. The van der Waals surface area contributed by atoms with Gasteiger partial charge in [-0.25, -0.2) is 4.79 Å². The van der Waals surface area contributed by atoms with Crippen LogP contribution in [0.4, 0.5) is 4.79 Å². The van der Waals surface area contributed by atoms with Gasteiger partial charge in [-0.15, -0.1) is 0 Å². The second-order valence-corrected chi connectivity index (χ2v) is 12.1. The highest BCUT2D eigenvalue weighted by atomic mass is 33.2. The molecule has 4 nitrogen and oxygen atoms in total. The molecule has 0 fully saturated rings. The van der Waals surface area contributed by atoms with Gasteiger partial charge < -0.3 is 10.1 Å². The van der Waals surface area contributed by atoms with Crippen molar-refractivity contribution >= 4 is 25.9 Å². The normalized spacial score (nSPS) is 11.7. The first kappa shape index (κ1) is 19.7. The molecular formula is C17H26N2O2S2. The molecule has 0 saturated heterocycles. The van der Waals surface area contributed by atoms with Gasteiger partial charge in [0, 0.05) is 22.2 Å². The summed E-state index contributed by atoms with van der Waals surface area (Å²) in [6.07, 6.45) is 6.98. The van der Waals surface area contributed by atoms with Crippen LogP contribution in [0.1, 0.15) is 37.3 Å². The van der Waals surface area contributed by atoms with E-state index in [0.717, 1.165) is 35.3 Å². The number of benzene rings is 1. The summed E-state index contributed by atoms with van der Waals surface area (Å²) < 4.78 is 5.42. The molecule has 0 aromatic heterocycles. The molecule has 0 spiro atoms.